The second-order valence-electron chi connectivity index (χ2n) is 8.68. The molecule has 8 nitrogen and oxygen atoms in total. The fourth-order valence-corrected chi connectivity index (χ4v) is 3.63. The molecule has 0 aromatic rings. The summed E-state index contributed by atoms with van der Waals surface area (Å²) in [6.07, 6.45) is 4.84. The summed E-state index contributed by atoms with van der Waals surface area (Å²) in [7, 11) is 1.78. The lowest BCUT2D eigenvalue weighted by atomic mass is 10.2. The van der Waals surface area contributed by atoms with Crippen LogP contribution in [-0.2, 0) is 28.2 Å². The van der Waals surface area contributed by atoms with Gasteiger partial charge in [0.05, 0.1) is 21.1 Å². The SMILES string of the molecule is CCCCCC(=O)OC[C@H](CCP(=O)([O-])OCC[N+](C)(C)C)OC(=O)CCCCC. The molecule has 0 fully saturated rings. The molecule has 0 saturated carbocycles. The van der Waals surface area contributed by atoms with Gasteiger partial charge in [0.15, 0.2) is 0 Å². The minimum Gasteiger partial charge on any atom is -0.778 e. The Morgan fingerprint density at radius 3 is 2.07 bits per heavy atom. The number of carbonyl (C=O) groups is 2. The summed E-state index contributed by atoms with van der Waals surface area (Å²) < 4.78 is 28.4. The van der Waals surface area contributed by atoms with Crippen molar-refractivity contribution in [2.75, 3.05) is 47.1 Å². The molecule has 0 aliphatic heterocycles. The average molecular weight is 452 g/mol. The Hall–Kier alpha value is -0.950. The van der Waals surface area contributed by atoms with Gasteiger partial charge in [0.2, 0.25) is 0 Å². The van der Waals surface area contributed by atoms with E-state index in [1.807, 2.05) is 35.0 Å². The van der Waals surface area contributed by atoms with E-state index in [0.717, 1.165) is 32.1 Å². The first-order valence-electron chi connectivity index (χ1n) is 11.1. The molecule has 30 heavy (non-hydrogen) atoms. The van der Waals surface area contributed by atoms with Gasteiger partial charge in [-0.3, -0.25) is 9.59 Å². The lowest BCUT2D eigenvalue weighted by Crippen LogP contribution is -2.37. The van der Waals surface area contributed by atoms with Crippen LogP contribution in [0.4, 0.5) is 0 Å². The van der Waals surface area contributed by atoms with Crippen LogP contribution >= 0.6 is 7.60 Å². The minimum atomic E-state index is -4.06. The number of carbonyl (C=O) groups excluding carboxylic acids is 2. The van der Waals surface area contributed by atoms with Crippen LogP contribution in [-0.4, -0.2) is 69.6 Å². The molecule has 2 atom stereocenters. The van der Waals surface area contributed by atoms with Gasteiger partial charge in [0.25, 0.3) is 0 Å². The topological polar surface area (TPSA) is 102 Å². The van der Waals surface area contributed by atoms with Crippen LogP contribution in [0.15, 0.2) is 0 Å². The maximum Gasteiger partial charge on any atom is 0.306 e. The number of rotatable bonds is 18. The molecule has 0 radical (unpaired) electrons. The maximum absolute atomic E-state index is 12.2. The van der Waals surface area contributed by atoms with Crippen LogP contribution in [0.3, 0.4) is 0 Å². The number of quaternary nitrogens is 1. The monoisotopic (exact) mass is 451 g/mol. The highest BCUT2D eigenvalue weighted by molar-refractivity contribution is 7.51. The molecule has 0 aromatic heterocycles. The van der Waals surface area contributed by atoms with Crippen molar-refractivity contribution in [3.8, 4) is 0 Å². The van der Waals surface area contributed by atoms with Crippen molar-refractivity contribution in [2.45, 2.75) is 77.7 Å². The summed E-state index contributed by atoms with van der Waals surface area (Å²) in [5, 5.41) is 0. The highest BCUT2D eigenvalue weighted by Crippen LogP contribution is 2.38. The molecule has 0 rings (SSSR count). The predicted molar refractivity (Wildman–Crippen MR) is 115 cm³/mol. The smallest absolute Gasteiger partial charge is 0.306 e. The molecule has 0 amide bonds. The van der Waals surface area contributed by atoms with E-state index in [4.69, 9.17) is 14.0 Å². The van der Waals surface area contributed by atoms with Crippen LogP contribution in [0.25, 0.3) is 0 Å². The Kier molecular flexibility index (Phi) is 15.3. The van der Waals surface area contributed by atoms with E-state index in [0.29, 0.717) is 23.9 Å². The Labute approximate surface area is 182 Å². The lowest BCUT2D eigenvalue weighted by Gasteiger charge is -2.28. The van der Waals surface area contributed by atoms with Gasteiger partial charge in [-0.05, 0) is 19.3 Å². The fourth-order valence-electron chi connectivity index (χ4n) is 2.54. The Bertz CT molecular complexity index is 534. The first-order chi connectivity index (χ1) is 14.0. The van der Waals surface area contributed by atoms with Crippen LogP contribution in [0.2, 0.25) is 0 Å². The molecule has 0 aliphatic carbocycles. The third-order valence-corrected chi connectivity index (χ3v) is 5.85. The molecule has 0 aromatic carbocycles. The summed E-state index contributed by atoms with van der Waals surface area (Å²) >= 11 is 0. The van der Waals surface area contributed by atoms with E-state index in [1.54, 1.807) is 0 Å². The third kappa shape index (κ3) is 17.9. The van der Waals surface area contributed by atoms with Crippen molar-refractivity contribution in [2.24, 2.45) is 0 Å². The number of nitrogens with zero attached hydrogens (tertiary/aromatic N) is 1. The van der Waals surface area contributed by atoms with Crippen LogP contribution in [0, 0.1) is 0 Å². The van der Waals surface area contributed by atoms with Crippen LogP contribution < -0.4 is 4.89 Å². The Balaban J connectivity index is 4.63. The summed E-state index contributed by atoms with van der Waals surface area (Å²) in [6, 6.07) is 0. The lowest BCUT2D eigenvalue weighted by molar-refractivity contribution is -0.870. The summed E-state index contributed by atoms with van der Waals surface area (Å²) in [4.78, 5) is 36.1. The van der Waals surface area contributed by atoms with Gasteiger partial charge in [0.1, 0.15) is 33.5 Å². The first-order valence-corrected chi connectivity index (χ1v) is 12.8. The zero-order chi connectivity index (χ0) is 23.0. The van der Waals surface area contributed by atoms with Crippen LogP contribution in [0.5, 0.6) is 0 Å². The van der Waals surface area contributed by atoms with Crippen molar-refractivity contribution in [3.63, 3.8) is 0 Å². The molecule has 0 spiro atoms. The largest absolute Gasteiger partial charge is 0.778 e. The van der Waals surface area contributed by atoms with Gasteiger partial charge < -0.3 is 27.9 Å². The standard InChI is InChI=1S/C21H42NO7P/c1-6-8-10-12-20(23)27-18-19(29-21(24)13-11-9-7-2)14-17-30(25,26)28-16-15-22(3,4)5/h19H,6-18H2,1-5H3/t19-/m0/s1. The molecular formula is C21H42NO7P. The van der Waals surface area contributed by atoms with Crippen LogP contribution in [0.1, 0.15) is 71.6 Å². The number of hydrogen-bond acceptors (Lipinski definition) is 7. The maximum atomic E-state index is 12.2. The predicted octanol–water partition coefficient (Wildman–Crippen LogP) is 3.27. The van der Waals surface area contributed by atoms with E-state index in [1.165, 1.54) is 0 Å². The van der Waals surface area contributed by atoms with Crippen molar-refractivity contribution in [1.82, 2.24) is 0 Å². The van der Waals surface area contributed by atoms with Crippen molar-refractivity contribution in [1.29, 1.82) is 0 Å². The van der Waals surface area contributed by atoms with Gasteiger partial charge in [-0.1, -0.05) is 39.5 Å². The molecule has 0 heterocycles. The number of esters is 2. The van der Waals surface area contributed by atoms with E-state index < -0.39 is 19.7 Å². The van der Waals surface area contributed by atoms with Gasteiger partial charge in [-0.25, -0.2) is 0 Å². The zero-order valence-corrected chi connectivity index (χ0v) is 20.4. The summed E-state index contributed by atoms with van der Waals surface area (Å²) in [6.45, 7) is 4.60. The Morgan fingerprint density at radius 2 is 1.53 bits per heavy atom. The molecule has 0 bridgehead atoms. The highest BCUT2D eigenvalue weighted by Gasteiger charge is 2.21. The number of ether oxygens (including phenoxy) is 2. The van der Waals surface area contributed by atoms with Crippen molar-refractivity contribution >= 4 is 19.5 Å². The first kappa shape index (κ1) is 29.1. The number of unbranched alkanes of at least 4 members (excludes halogenated alkanes) is 4. The van der Waals surface area contributed by atoms with Crippen molar-refractivity contribution in [3.05, 3.63) is 0 Å². The fraction of sp³-hybridized carbons (Fsp3) is 0.905. The zero-order valence-electron chi connectivity index (χ0n) is 19.5. The molecule has 9 heteroatoms. The normalized spacial score (nSPS) is 14.7. The molecule has 0 saturated heterocycles. The van der Waals surface area contributed by atoms with E-state index in [-0.39, 0.29) is 38.2 Å². The second kappa shape index (κ2) is 15.8. The highest BCUT2D eigenvalue weighted by atomic mass is 31.2. The minimum absolute atomic E-state index is 0.0346. The van der Waals surface area contributed by atoms with E-state index in [2.05, 4.69) is 0 Å². The molecule has 0 aliphatic rings. The average Bonchev–Trinajstić information content (AvgIpc) is 2.63. The van der Waals surface area contributed by atoms with E-state index in [9.17, 15) is 19.0 Å². The van der Waals surface area contributed by atoms with Gasteiger partial charge in [-0.2, -0.15) is 0 Å². The summed E-state index contributed by atoms with van der Waals surface area (Å²) in [5.74, 6) is -0.762. The molecule has 178 valence electrons. The molecular weight excluding hydrogens is 409 g/mol. The summed E-state index contributed by atoms with van der Waals surface area (Å²) in [5.41, 5.74) is 0. The molecule has 1 unspecified atom stereocenters. The number of hydrogen-bond donors (Lipinski definition) is 0. The van der Waals surface area contributed by atoms with Gasteiger partial charge in [0, 0.05) is 19.0 Å². The van der Waals surface area contributed by atoms with Gasteiger partial charge >= 0.3 is 11.9 Å². The third-order valence-electron chi connectivity index (χ3n) is 4.47. The second-order valence-corrected chi connectivity index (χ2v) is 10.6. The van der Waals surface area contributed by atoms with E-state index >= 15 is 0 Å². The Morgan fingerprint density at radius 1 is 0.967 bits per heavy atom. The van der Waals surface area contributed by atoms with Crippen molar-refractivity contribution < 1.29 is 37.5 Å². The number of likely N-dealkylation sites (N-methyl/N-ethyl adjacent to an activating group) is 1. The quantitative estimate of drug-likeness (QED) is 0.136. The molecule has 0 N–H and O–H groups in total. The van der Waals surface area contributed by atoms with Gasteiger partial charge in [-0.15, -0.1) is 0 Å².